The van der Waals surface area contributed by atoms with Crippen molar-refractivity contribution in [2.45, 2.75) is 19.9 Å². The summed E-state index contributed by atoms with van der Waals surface area (Å²) in [5.74, 6) is -0.413. The fourth-order valence-corrected chi connectivity index (χ4v) is 3.42. The predicted octanol–water partition coefficient (Wildman–Crippen LogP) is 4.26. The second-order valence-electron chi connectivity index (χ2n) is 6.82. The van der Waals surface area contributed by atoms with Crippen LogP contribution in [0.2, 0.25) is 0 Å². The van der Waals surface area contributed by atoms with Gasteiger partial charge in [0.05, 0.1) is 6.54 Å². The number of fused-ring (bicyclic) bond motifs is 1. The minimum Gasteiger partial charge on any atom is -0.322 e. The Kier molecular flexibility index (Phi) is 5.20. The van der Waals surface area contributed by atoms with Crippen LogP contribution in [0.15, 0.2) is 83.8 Å². The minimum atomic E-state index is -0.413. The van der Waals surface area contributed by atoms with Crippen molar-refractivity contribution in [1.29, 1.82) is 0 Å². The van der Waals surface area contributed by atoms with Crippen LogP contribution in [-0.2, 0) is 13.0 Å². The molecular weight excluding hydrogens is 362 g/mol. The molecule has 1 amide bonds. The second-order valence-corrected chi connectivity index (χ2v) is 6.82. The summed E-state index contributed by atoms with van der Waals surface area (Å²) in [6, 6.07) is 22.6. The number of hydrogen-bond acceptors (Lipinski definition) is 3. The Bertz CT molecular complexity index is 1230. The fraction of sp³-hybridized carbons (Fsp3) is 0.125. The second kappa shape index (κ2) is 8.10. The summed E-state index contributed by atoms with van der Waals surface area (Å²) < 4.78 is 1.56. The van der Waals surface area contributed by atoms with Crippen molar-refractivity contribution >= 4 is 22.6 Å². The molecule has 0 atom stereocenters. The van der Waals surface area contributed by atoms with E-state index in [1.807, 2.05) is 67.6 Å². The van der Waals surface area contributed by atoms with Gasteiger partial charge in [-0.1, -0.05) is 55.5 Å². The molecule has 0 fully saturated rings. The molecule has 2 aromatic heterocycles. The molecule has 0 unspecified atom stereocenters. The lowest BCUT2D eigenvalue weighted by atomic mass is 10.1. The first-order valence-corrected chi connectivity index (χ1v) is 9.59. The lowest BCUT2D eigenvalue weighted by Gasteiger charge is -2.13. The van der Waals surface area contributed by atoms with Gasteiger partial charge in [0.25, 0.3) is 11.5 Å². The first-order valence-electron chi connectivity index (χ1n) is 9.59. The zero-order valence-electron chi connectivity index (χ0n) is 16.1. The van der Waals surface area contributed by atoms with E-state index in [0.29, 0.717) is 12.2 Å². The summed E-state index contributed by atoms with van der Waals surface area (Å²) in [6.07, 6.45) is 2.44. The first kappa shape index (κ1) is 18.6. The van der Waals surface area contributed by atoms with Crippen molar-refractivity contribution in [3.05, 3.63) is 106 Å². The maximum Gasteiger partial charge on any atom is 0.265 e. The van der Waals surface area contributed by atoms with Gasteiger partial charge in [0.1, 0.15) is 11.2 Å². The number of aromatic nitrogens is 2. The summed E-state index contributed by atoms with van der Waals surface area (Å²) in [5.41, 5.74) is 3.02. The van der Waals surface area contributed by atoms with Crippen LogP contribution < -0.4 is 10.9 Å². The zero-order chi connectivity index (χ0) is 20.2. The summed E-state index contributed by atoms with van der Waals surface area (Å²) in [5, 5.41) is 3.65. The number of anilines is 1. The number of nitrogens with zero attached hydrogens (tertiary/aromatic N) is 2. The Morgan fingerprint density at radius 1 is 1.00 bits per heavy atom. The van der Waals surface area contributed by atoms with E-state index in [2.05, 4.69) is 10.3 Å². The van der Waals surface area contributed by atoms with E-state index in [9.17, 15) is 9.59 Å². The number of rotatable bonds is 5. The molecule has 0 saturated heterocycles. The molecule has 2 aromatic carbocycles. The Balaban J connectivity index is 1.79. The molecule has 0 aliphatic heterocycles. The van der Waals surface area contributed by atoms with Crippen molar-refractivity contribution in [3.63, 3.8) is 0 Å². The maximum absolute atomic E-state index is 13.2. The molecule has 0 spiro atoms. The van der Waals surface area contributed by atoms with Crippen molar-refractivity contribution in [3.8, 4) is 0 Å². The van der Waals surface area contributed by atoms with Gasteiger partial charge < -0.3 is 5.32 Å². The molecule has 0 bridgehead atoms. The molecule has 1 N–H and O–H groups in total. The zero-order valence-corrected chi connectivity index (χ0v) is 16.1. The molecule has 2 heterocycles. The molecule has 0 aliphatic carbocycles. The van der Waals surface area contributed by atoms with Crippen LogP contribution in [0.4, 0.5) is 5.69 Å². The van der Waals surface area contributed by atoms with Crippen LogP contribution in [0, 0.1) is 0 Å². The number of carbonyl (C=O) groups excluding carboxylic acids is 1. The number of benzene rings is 2. The summed E-state index contributed by atoms with van der Waals surface area (Å²) in [4.78, 5) is 30.6. The van der Waals surface area contributed by atoms with E-state index in [4.69, 9.17) is 0 Å². The number of para-hydroxylation sites is 1. The molecule has 4 rings (SSSR count). The van der Waals surface area contributed by atoms with Gasteiger partial charge in [-0.15, -0.1) is 0 Å². The van der Waals surface area contributed by atoms with E-state index in [-0.39, 0.29) is 11.1 Å². The highest BCUT2D eigenvalue weighted by Crippen LogP contribution is 2.18. The largest absolute Gasteiger partial charge is 0.322 e. The maximum atomic E-state index is 13.2. The number of carbonyl (C=O) groups is 1. The average Bonchev–Trinajstić information content (AvgIpc) is 2.76. The third-order valence-electron chi connectivity index (χ3n) is 4.92. The fourth-order valence-electron chi connectivity index (χ4n) is 3.42. The van der Waals surface area contributed by atoms with Gasteiger partial charge in [-0.25, -0.2) is 4.98 Å². The average molecular weight is 383 g/mol. The molecule has 0 saturated carbocycles. The van der Waals surface area contributed by atoms with Crippen molar-refractivity contribution in [1.82, 2.24) is 9.55 Å². The van der Waals surface area contributed by atoms with Crippen molar-refractivity contribution in [2.24, 2.45) is 0 Å². The van der Waals surface area contributed by atoms with E-state index in [1.54, 1.807) is 22.9 Å². The van der Waals surface area contributed by atoms with E-state index in [1.165, 1.54) is 0 Å². The van der Waals surface area contributed by atoms with E-state index in [0.717, 1.165) is 28.6 Å². The van der Waals surface area contributed by atoms with E-state index >= 15 is 0 Å². The van der Waals surface area contributed by atoms with Gasteiger partial charge in [-0.2, -0.15) is 0 Å². The van der Waals surface area contributed by atoms with Crippen LogP contribution in [-0.4, -0.2) is 15.5 Å². The number of nitrogens with one attached hydrogen (secondary N) is 1. The lowest BCUT2D eigenvalue weighted by Crippen LogP contribution is -2.30. The minimum absolute atomic E-state index is 0.104. The van der Waals surface area contributed by atoms with Crippen molar-refractivity contribution < 1.29 is 4.79 Å². The summed E-state index contributed by atoms with van der Waals surface area (Å²) >= 11 is 0. The third-order valence-corrected chi connectivity index (χ3v) is 4.92. The van der Waals surface area contributed by atoms with Crippen molar-refractivity contribution in [2.75, 3.05) is 5.32 Å². The van der Waals surface area contributed by atoms with Gasteiger partial charge in [-0.3, -0.25) is 14.2 Å². The molecule has 0 radical (unpaired) electrons. The molecular formula is C24H21N3O2. The highest BCUT2D eigenvalue weighted by molar-refractivity contribution is 6.06. The van der Waals surface area contributed by atoms with Crippen LogP contribution in [0.3, 0.4) is 0 Å². The first-order chi connectivity index (χ1) is 14.2. The highest BCUT2D eigenvalue weighted by atomic mass is 16.2. The molecule has 4 aromatic rings. The molecule has 144 valence electrons. The Morgan fingerprint density at radius 3 is 2.55 bits per heavy atom. The number of amides is 1. The molecule has 29 heavy (non-hydrogen) atoms. The molecule has 5 nitrogen and oxygen atoms in total. The van der Waals surface area contributed by atoms with Crippen LogP contribution in [0.5, 0.6) is 0 Å². The Hall–Kier alpha value is -3.73. The van der Waals surface area contributed by atoms with Crippen LogP contribution >= 0.6 is 0 Å². The Morgan fingerprint density at radius 2 is 1.76 bits per heavy atom. The smallest absolute Gasteiger partial charge is 0.265 e. The number of hydrogen-bond donors (Lipinski definition) is 1. The van der Waals surface area contributed by atoms with Gasteiger partial charge in [-0.05, 0) is 41.8 Å². The standard InChI is InChI=1S/C24H21N3O2/c1-2-18-11-6-7-13-21(18)26-23(28)20-15-19-12-8-14-25-22(19)27(24(20)29)16-17-9-4-3-5-10-17/h3-15H,2,16H2,1H3,(H,26,28). The van der Waals surface area contributed by atoms with Gasteiger partial charge in [0.15, 0.2) is 0 Å². The van der Waals surface area contributed by atoms with Gasteiger partial charge in [0.2, 0.25) is 0 Å². The number of aryl methyl sites for hydroxylation is 1. The Labute approximate surface area is 168 Å². The monoisotopic (exact) mass is 383 g/mol. The van der Waals surface area contributed by atoms with Gasteiger partial charge >= 0.3 is 0 Å². The summed E-state index contributed by atoms with van der Waals surface area (Å²) in [6.45, 7) is 2.37. The molecule has 5 heteroatoms. The van der Waals surface area contributed by atoms with Gasteiger partial charge in [0, 0.05) is 17.3 Å². The lowest BCUT2D eigenvalue weighted by molar-refractivity contribution is 0.102. The number of pyridine rings is 2. The van der Waals surface area contributed by atoms with E-state index < -0.39 is 5.91 Å². The topological polar surface area (TPSA) is 64.0 Å². The van der Waals surface area contributed by atoms with Crippen LogP contribution in [0.1, 0.15) is 28.4 Å². The summed E-state index contributed by atoms with van der Waals surface area (Å²) in [7, 11) is 0. The quantitative estimate of drug-likeness (QED) is 0.560. The third kappa shape index (κ3) is 3.80. The normalized spacial score (nSPS) is 10.8. The van der Waals surface area contributed by atoms with Crippen LogP contribution in [0.25, 0.3) is 11.0 Å². The predicted molar refractivity (Wildman–Crippen MR) is 115 cm³/mol. The highest BCUT2D eigenvalue weighted by Gasteiger charge is 2.17. The molecule has 0 aliphatic rings. The SMILES string of the molecule is CCc1ccccc1NC(=O)c1cc2cccnc2n(Cc2ccccc2)c1=O.